The Kier molecular flexibility index (Phi) is 8.09. The van der Waals surface area contributed by atoms with Crippen molar-refractivity contribution in [3.05, 3.63) is 71.1 Å². The van der Waals surface area contributed by atoms with Crippen LogP contribution in [-0.4, -0.2) is 5.91 Å². The lowest BCUT2D eigenvalue weighted by molar-refractivity contribution is -0.116. The molecule has 0 rings (SSSR count). The summed E-state index contributed by atoms with van der Waals surface area (Å²) in [5.41, 5.74) is 8.13. The molecular formula is C16H21ClN2O. The van der Waals surface area contributed by atoms with Gasteiger partial charge in [-0.15, -0.1) is 0 Å². The highest BCUT2D eigenvalue weighted by Crippen LogP contribution is 2.16. The number of rotatable bonds is 6. The smallest absolute Gasteiger partial charge is 0.257 e. The predicted molar refractivity (Wildman–Crippen MR) is 86.9 cm³/mol. The van der Waals surface area contributed by atoms with E-state index in [0.717, 1.165) is 16.8 Å². The number of carbonyl (C=O) groups is 1. The maximum atomic E-state index is 12.2. The number of hydrogen-bond acceptors (Lipinski definition) is 2. The average molecular weight is 293 g/mol. The van der Waals surface area contributed by atoms with E-state index >= 15 is 0 Å². The van der Waals surface area contributed by atoms with Crippen LogP contribution >= 0.6 is 11.6 Å². The van der Waals surface area contributed by atoms with Crippen molar-refractivity contribution in [3.63, 3.8) is 0 Å². The molecule has 3 N–H and O–H groups in total. The number of halogens is 1. The molecule has 0 saturated heterocycles. The van der Waals surface area contributed by atoms with Gasteiger partial charge in [0.25, 0.3) is 5.91 Å². The Hall–Kier alpha value is -2.00. The van der Waals surface area contributed by atoms with Gasteiger partial charge in [0.05, 0.1) is 5.57 Å². The average Bonchev–Trinajstić information content (AvgIpc) is 2.35. The summed E-state index contributed by atoms with van der Waals surface area (Å²) in [6, 6.07) is 0. The Morgan fingerprint density at radius 2 is 1.85 bits per heavy atom. The van der Waals surface area contributed by atoms with Crippen molar-refractivity contribution in [2.45, 2.75) is 20.8 Å². The van der Waals surface area contributed by atoms with Gasteiger partial charge in [0.15, 0.2) is 0 Å². The molecule has 0 aromatic rings. The topological polar surface area (TPSA) is 55.1 Å². The van der Waals surface area contributed by atoms with Gasteiger partial charge in [0, 0.05) is 10.7 Å². The van der Waals surface area contributed by atoms with E-state index < -0.39 is 0 Å². The summed E-state index contributed by atoms with van der Waals surface area (Å²) in [6.07, 6.45) is 7.84. The van der Waals surface area contributed by atoms with Crippen molar-refractivity contribution in [1.29, 1.82) is 0 Å². The zero-order valence-corrected chi connectivity index (χ0v) is 12.9. The van der Waals surface area contributed by atoms with Crippen LogP contribution in [0.15, 0.2) is 71.1 Å². The summed E-state index contributed by atoms with van der Waals surface area (Å²) in [5.74, 6) is -0.337. The molecule has 0 heterocycles. The standard InChI is InChI=1S/C16H21ClN2O/c1-6-8-12(4)15(11(2)3)19-16(20)14(13(5)17)9-7-10-18/h6-10H,1,5,18H2,2-4H3,(H,19,20)/b10-7-,12-8-,14-9+. The zero-order valence-electron chi connectivity index (χ0n) is 12.2. The highest BCUT2D eigenvalue weighted by atomic mass is 35.5. The molecule has 3 nitrogen and oxygen atoms in total. The van der Waals surface area contributed by atoms with Gasteiger partial charge in [-0.2, -0.15) is 0 Å². The maximum Gasteiger partial charge on any atom is 0.257 e. The molecule has 108 valence electrons. The molecule has 0 spiro atoms. The minimum atomic E-state index is -0.337. The van der Waals surface area contributed by atoms with Crippen LogP contribution in [0.5, 0.6) is 0 Å². The monoisotopic (exact) mass is 292 g/mol. The predicted octanol–water partition coefficient (Wildman–Crippen LogP) is 3.68. The molecule has 0 unspecified atom stereocenters. The summed E-state index contributed by atoms with van der Waals surface area (Å²) in [6.45, 7) is 12.9. The molecule has 0 fully saturated rings. The minimum Gasteiger partial charge on any atom is -0.405 e. The van der Waals surface area contributed by atoms with E-state index in [-0.39, 0.29) is 16.5 Å². The van der Waals surface area contributed by atoms with Crippen LogP contribution in [0.4, 0.5) is 0 Å². The first kappa shape index (κ1) is 18.0. The Balaban J connectivity index is 5.41. The molecule has 0 aliphatic carbocycles. The molecule has 0 aromatic carbocycles. The van der Waals surface area contributed by atoms with Gasteiger partial charge in [0.2, 0.25) is 0 Å². The highest BCUT2D eigenvalue weighted by molar-refractivity contribution is 6.35. The fraction of sp³-hybridized carbons (Fsp3) is 0.188. The van der Waals surface area contributed by atoms with Crippen LogP contribution in [0.25, 0.3) is 0 Å². The third-order valence-electron chi connectivity index (χ3n) is 2.41. The van der Waals surface area contributed by atoms with Crippen LogP contribution in [0.1, 0.15) is 20.8 Å². The van der Waals surface area contributed by atoms with Gasteiger partial charge in [-0.1, -0.05) is 42.5 Å². The Bertz CT molecular complexity index is 519. The van der Waals surface area contributed by atoms with Crippen LogP contribution in [-0.2, 0) is 4.79 Å². The molecule has 4 heteroatoms. The molecule has 0 aliphatic heterocycles. The summed E-state index contributed by atoms with van der Waals surface area (Å²) in [5, 5.41) is 2.98. The molecule has 20 heavy (non-hydrogen) atoms. The number of carbonyl (C=O) groups excluding carboxylic acids is 1. The van der Waals surface area contributed by atoms with E-state index in [4.69, 9.17) is 17.3 Å². The van der Waals surface area contributed by atoms with E-state index in [0.29, 0.717) is 0 Å². The van der Waals surface area contributed by atoms with Gasteiger partial charge >= 0.3 is 0 Å². The second kappa shape index (κ2) is 8.99. The maximum absolute atomic E-state index is 12.2. The van der Waals surface area contributed by atoms with Crippen LogP contribution in [0.3, 0.4) is 0 Å². The van der Waals surface area contributed by atoms with E-state index in [9.17, 15) is 4.79 Å². The first-order valence-electron chi connectivity index (χ1n) is 6.07. The third kappa shape index (κ3) is 5.76. The van der Waals surface area contributed by atoms with Crippen molar-refractivity contribution < 1.29 is 4.79 Å². The summed E-state index contributed by atoms with van der Waals surface area (Å²) >= 11 is 5.83. The van der Waals surface area contributed by atoms with Crippen molar-refractivity contribution >= 4 is 17.5 Å². The molecule has 0 atom stereocenters. The first-order valence-corrected chi connectivity index (χ1v) is 6.44. The van der Waals surface area contributed by atoms with Gasteiger partial charge in [-0.3, -0.25) is 4.79 Å². The van der Waals surface area contributed by atoms with Crippen molar-refractivity contribution in [2.75, 3.05) is 0 Å². The lowest BCUT2D eigenvalue weighted by atomic mass is 10.1. The van der Waals surface area contributed by atoms with Gasteiger partial charge in [-0.25, -0.2) is 0 Å². The van der Waals surface area contributed by atoms with Gasteiger partial charge in [-0.05, 0) is 44.7 Å². The van der Waals surface area contributed by atoms with Gasteiger partial charge < -0.3 is 11.1 Å². The van der Waals surface area contributed by atoms with E-state index in [2.05, 4.69) is 18.5 Å². The second-order valence-electron chi connectivity index (χ2n) is 4.28. The summed E-state index contributed by atoms with van der Waals surface area (Å²) in [7, 11) is 0. The fourth-order valence-electron chi connectivity index (χ4n) is 1.50. The summed E-state index contributed by atoms with van der Waals surface area (Å²) in [4.78, 5) is 12.2. The number of hydrogen-bond donors (Lipinski definition) is 2. The number of allylic oxidation sites excluding steroid dienone is 6. The highest BCUT2D eigenvalue weighted by Gasteiger charge is 2.14. The second-order valence-corrected chi connectivity index (χ2v) is 4.74. The van der Waals surface area contributed by atoms with Crippen molar-refractivity contribution in [2.24, 2.45) is 5.73 Å². The van der Waals surface area contributed by atoms with Crippen LogP contribution in [0.2, 0.25) is 0 Å². The summed E-state index contributed by atoms with van der Waals surface area (Å²) < 4.78 is 0. The third-order valence-corrected chi connectivity index (χ3v) is 2.62. The Labute approximate surface area is 125 Å². The van der Waals surface area contributed by atoms with Gasteiger partial charge in [0.1, 0.15) is 0 Å². The quantitative estimate of drug-likeness (QED) is 0.579. The van der Waals surface area contributed by atoms with Crippen LogP contribution in [0, 0.1) is 0 Å². The molecule has 0 saturated carbocycles. The molecular weight excluding hydrogens is 272 g/mol. The lowest BCUT2D eigenvalue weighted by Crippen LogP contribution is -2.26. The number of nitrogens with two attached hydrogens (primary N) is 1. The largest absolute Gasteiger partial charge is 0.405 e. The normalized spacial score (nSPS) is 12.2. The van der Waals surface area contributed by atoms with E-state index in [1.54, 1.807) is 6.08 Å². The number of nitrogens with one attached hydrogen (secondary N) is 1. The van der Waals surface area contributed by atoms with E-state index in [1.165, 1.54) is 18.4 Å². The van der Waals surface area contributed by atoms with Crippen molar-refractivity contribution in [1.82, 2.24) is 5.32 Å². The van der Waals surface area contributed by atoms with E-state index in [1.807, 2.05) is 26.8 Å². The lowest BCUT2D eigenvalue weighted by Gasteiger charge is -2.14. The molecule has 0 bridgehead atoms. The molecule has 1 amide bonds. The minimum absolute atomic E-state index is 0.152. The fourth-order valence-corrected chi connectivity index (χ4v) is 1.65. The first-order chi connectivity index (χ1) is 9.34. The van der Waals surface area contributed by atoms with Crippen molar-refractivity contribution in [3.8, 4) is 0 Å². The Morgan fingerprint density at radius 3 is 2.25 bits per heavy atom. The SMILES string of the molecule is C=C/C=C(/C)C(NC(=O)/C(=C/C=C\N)C(=C)Cl)=C(C)C. The molecule has 0 radical (unpaired) electrons. The Morgan fingerprint density at radius 1 is 1.25 bits per heavy atom. The zero-order chi connectivity index (χ0) is 15.7. The molecule has 0 aliphatic rings. The number of amides is 1. The van der Waals surface area contributed by atoms with Crippen LogP contribution < -0.4 is 11.1 Å². The molecule has 0 aromatic heterocycles.